The Balaban J connectivity index is 2.06. The van der Waals surface area contributed by atoms with Crippen LogP contribution in [0.2, 0.25) is 5.02 Å². The highest BCUT2D eigenvalue weighted by Crippen LogP contribution is 2.29. The summed E-state index contributed by atoms with van der Waals surface area (Å²) in [6.07, 6.45) is 1.55. The summed E-state index contributed by atoms with van der Waals surface area (Å²) in [7, 11) is 0. The lowest BCUT2D eigenvalue weighted by molar-refractivity contribution is 0.632. The molecule has 3 N–H and O–H groups in total. The van der Waals surface area contributed by atoms with Crippen molar-refractivity contribution in [1.29, 1.82) is 10.7 Å². The molecule has 3 aromatic rings. The number of hydrogen-bond donors (Lipinski definition) is 3. The molecule has 0 amide bonds. The molecule has 3 rings (SSSR count). The number of rotatable bonds is 5. The molecule has 27 heavy (non-hydrogen) atoms. The number of H-pyrrole nitrogens is 1. The molecule has 0 saturated heterocycles. The van der Waals surface area contributed by atoms with Crippen molar-refractivity contribution < 1.29 is 4.39 Å². The van der Waals surface area contributed by atoms with Crippen molar-refractivity contribution in [2.24, 2.45) is 0 Å². The molecule has 0 atom stereocenters. The van der Waals surface area contributed by atoms with E-state index < -0.39 is 11.4 Å². The lowest BCUT2D eigenvalue weighted by Gasteiger charge is -2.14. The zero-order chi connectivity index (χ0) is 19.4. The first kappa shape index (κ1) is 18.4. The Hall–Kier alpha value is -3.43. The van der Waals surface area contributed by atoms with Gasteiger partial charge in [-0.25, -0.2) is 4.39 Å². The van der Waals surface area contributed by atoms with Gasteiger partial charge in [0.1, 0.15) is 5.82 Å². The van der Waals surface area contributed by atoms with E-state index in [1.54, 1.807) is 36.4 Å². The number of anilines is 2. The minimum absolute atomic E-state index is 0.00112. The van der Waals surface area contributed by atoms with Gasteiger partial charge >= 0.3 is 0 Å². The summed E-state index contributed by atoms with van der Waals surface area (Å²) in [6, 6.07) is 14.8. The maximum absolute atomic E-state index is 14.0. The number of aromatic nitrogens is 1. The Labute approximate surface area is 159 Å². The van der Waals surface area contributed by atoms with Gasteiger partial charge in [0.05, 0.1) is 40.2 Å². The second-order valence-corrected chi connectivity index (χ2v) is 6.13. The van der Waals surface area contributed by atoms with Gasteiger partial charge in [-0.3, -0.25) is 10.2 Å². The monoisotopic (exact) mass is 380 g/mol. The van der Waals surface area contributed by atoms with Crippen LogP contribution in [0.4, 0.5) is 15.8 Å². The van der Waals surface area contributed by atoms with E-state index in [1.807, 2.05) is 0 Å². The van der Waals surface area contributed by atoms with Gasteiger partial charge in [-0.15, -0.1) is 0 Å². The minimum atomic E-state index is -0.524. The maximum Gasteiger partial charge on any atom is 0.259 e. The largest absolute Gasteiger partial charge is 0.351 e. The molecule has 0 aliphatic rings. The van der Waals surface area contributed by atoms with Crippen LogP contribution >= 0.6 is 11.6 Å². The first-order valence-corrected chi connectivity index (χ1v) is 8.37. The van der Waals surface area contributed by atoms with E-state index in [9.17, 15) is 9.18 Å². The quantitative estimate of drug-likeness (QED) is 0.573. The molecular formula is C20H14ClFN4O. The first-order chi connectivity index (χ1) is 13.0. The summed E-state index contributed by atoms with van der Waals surface area (Å²) in [4.78, 5) is 14.9. The van der Waals surface area contributed by atoms with Crippen LogP contribution in [0.15, 0.2) is 59.5 Å². The highest BCUT2D eigenvalue weighted by Gasteiger charge is 2.19. The zero-order valence-electron chi connectivity index (χ0n) is 14.0. The van der Waals surface area contributed by atoms with Crippen molar-refractivity contribution >= 4 is 28.7 Å². The number of aromatic amines is 1. The number of para-hydroxylation sites is 1. The Kier molecular flexibility index (Phi) is 5.34. The topological polar surface area (TPSA) is 92.5 Å². The van der Waals surface area contributed by atoms with E-state index in [1.165, 1.54) is 18.3 Å². The predicted octanol–water partition coefficient (Wildman–Crippen LogP) is 4.39. The fourth-order valence-corrected chi connectivity index (χ4v) is 2.79. The van der Waals surface area contributed by atoms with Gasteiger partial charge in [0.15, 0.2) is 0 Å². The number of halogens is 2. The van der Waals surface area contributed by atoms with Gasteiger partial charge < -0.3 is 10.3 Å². The van der Waals surface area contributed by atoms with Crippen molar-refractivity contribution in [3.8, 4) is 6.07 Å². The number of pyridine rings is 1. The molecule has 1 aromatic heterocycles. The van der Waals surface area contributed by atoms with E-state index in [0.29, 0.717) is 5.56 Å². The molecule has 0 aliphatic carbocycles. The number of hydrogen-bond acceptors (Lipinski definition) is 4. The van der Waals surface area contributed by atoms with Crippen molar-refractivity contribution in [2.75, 3.05) is 5.32 Å². The lowest BCUT2D eigenvalue weighted by atomic mass is 10.00. The van der Waals surface area contributed by atoms with Crippen molar-refractivity contribution in [2.45, 2.75) is 6.42 Å². The van der Waals surface area contributed by atoms with Crippen LogP contribution < -0.4 is 10.9 Å². The molecule has 0 spiro atoms. The van der Waals surface area contributed by atoms with Gasteiger partial charge in [-0.2, -0.15) is 5.26 Å². The number of nitrogens with zero attached hydrogens (tertiary/aromatic N) is 1. The standard InChI is InChI=1S/C20H14ClFN4O/c21-14-11-25-20(27)17(19(14)26-16-4-2-1-3-15(16)22)18(24)13-7-5-12(6-8-13)9-10-23/h1-8,11,24H,9H2,(H2,25,26,27). The molecule has 7 heteroatoms. The van der Waals surface area contributed by atoms with Crippen molar-refractivity contribution in [3.63, 3.8) is 0 Å². The number of nitrogens with one attached hydrogen (secondary N) is 3. The zero-order valence-corrected chi connectivity index (χ0v) is 14.8. The second kappa shape index (κ2) is 7.85. The fourth-order valence-electron chi connectivity index (χ4n) is 2.59. The highest BCUT2D eigenvalue weighted by molar-refractivity contribution is 6.34. The summed E-state index contributed by atoms with van der Waals surface area (Å²) in [5.74, 6) is -0.507. The van der Waals surface area contributed by atoms with E-state index in [2.05, 4.69) is 16.4 Å². The van der Waals surface area contributed by atoms with Gasteiger partial charge in [-0.1, -0.05) is 48.0 Å². The van der Waals surface area contributed by atoms with Crippen LogP contribution in [0.1, 0.15) is 16.7 Å². The third-order valence-electron chi connectivity index (χ3n) is 3.96. The summed E-state index contributed by atoms with van der Waals surface area (Å²) >= 11 is 6.21. The number of benzene rings is 2. The molecular weight excluding hydrogens is 367 g/mol. The Morgan fingerprint density at radius 2 is 1.93 bits per heavy atom. The molecule has 0 fully saturated rings. The molecule has 5 nitrogen and oxygen atoms in total. The Morgan fingerprint density at radius 3 is 2.59 bits per heavy atom. The summed E-state index contributed by atoms with van der Waals surface area (Å²) < 4.78 is 14.0. The Morgan fingerprint density at radius 1 is 1.22 bits per heavy atom. The van der Waals surface area contributed by atoms with E-state index in [-0.39, 0.29) is 34.1 Å². The third kappa shape index (κ3) is 3.89. The molecule has 0 bridgehead atoms. The van der Waals surface area contributed by atoms with Crippen LogP contribution in [0.5, 0.6) is 0 Å². The average Bonchev–Trinajstić information content (AvgIpc) is 2.67. The first-order valence-electron chi connectivity index (χ1n) is 7.99. The predicted molar refractivity (Wildman–Crippen MR) is 103 cm³/mol. The van der Waals surface area contributed by atoms with Crippen molar-refractivity contribution in [1.82, 2.24) is 4.98 Å². The van der Waals surface area contributed by atoms with Crippen LogP contribution in [-0.2, 0) is 6.42 Å². The van der Waals surface area contributed by atoms with Gasteiger partial charge in [-0.05, 0) is 17.7 Å². The van der Waals surface area contributed by atoms with E-state index >= 15 is 0 Å². The molecule has 1 heterocycles. The molecule has 134 valence electrons. The normalized spacial score (nSPS) is 10.3. The Bertz CT molecular complexity index is 1100. The van der Waals surface area contributed by atoms with Gasteiger partial charge in [0.2, 0.25) is 0 Å². The van der Waals surface area contributed by atoms with Crippen molar-refractivity contribution in [3.05, 3.63) is 92.6 Å². The maximum atomic E-state index is 14.0. The molecule has 0 saturated carbocycles. The molecule has 2 aromatic carbocycles. The number of nitriles is 1. The third-order valence-corrected chi connectivity index (χ3v) is 4.25. The van der Waals surface area contributed by atoms with E-state index in [4.69, 9.17) is 22.3 Å². The van der Waals surface area contributed by atoms with E-state index in [0.717, 1.165) is 5.56 Å². The fraction of sp³-hybridized carbons (Fsp3) is 0.0500. The summed E-state index contributed by atoms with van der Waals surface area (Å²) in [5.41, 5.74) is 0.976. The van der Waals surface area contributed by atoms with Crippen LogP contribution in [0, 0.1) is 22.6 Å². The van der Waals surface area contributed by atoms with Gasteiger partial charge in [0.25, 0.3) is 5.56 Å². The highest BCUT2D eigenvalue weighted by atomic mass is 35.5. The molecule has 0 unspecified atom stereocenters. The SMILES string of the molecule is N#CCc1ccc(C(=N)c2c(Nc3ccccc3F)c(Cl)c[nH]c2=O)cc1. The van der Waals surface area contributed by atoms with Crippen LogP contribution in [-0.4, -0.2) is 10.7 Å². The average molecular weight is 381 g/mol. The lowest BCUT2D eigenvalue weighted by Crippen LogP contribution is -2.21. The smallest absolute Gasteiger partial charge is 0.259 e. The van der Waals surface area contributed by atoms with Gasteiger partial charge in [0, 0.05) is 11.8 Å². The molecule has 0 radical (unpaired) electrons. The van der Waals surface area contributed by atoms with Crippen LogP contribution in [0.25, 0.3) is 0 Å². The summed E-state index contributed by atoms with van der Waals surface area (Å²) in [6.45, 7) is 0. The minimum Gasteiger partial charge on any atom is -0.351 e. The molecule has 0 aliphatic heterocycles. The van der Waals surface area contributed by atoms with Crippen LogP contribution in [0.3, 0.4) is 0 Å². The summed E-state index contributed by atoms with van der Waals surface area (Å²) in [5, 5.41) is 20.2. The second-order valence-electron chi connectivity index (χ2n) is 5.73.